The zero-order valence-corrected chi connectivity index (χ0v) is 17.5. The second-order valence-electron chi connectivity index (χ2n) is 7.92. The molecule has 2 aliphatic heterocycles. The molecule has 0 aliphatic carbocycles. The molecule has 2 heterocycles. The van der Waals surface area contributed by atoms with Crippen molar-refractivity contribution in [1.29, 1.82) is 0 Å². The lowest BCUT2D eigenvalue weighted by Crippen LogP contribution is -2.44. The van der Waals surface area contributed by atoms with Gasteiger partial charge in [0.25, 0.3) is 11.8 Å². The van der Waals surface area contributed by atoms with E-state index >= 15 is 0 Å². The average molecular weight is 440 g/mol. The van der Waals surface area contributed by atoms with Crippen LogP contribution in [-0.2, 0) is 0 Å². The SMILES string of the molecule is O=C(NCC1CCCN(C(=O)c2ccc3c(c2)C(=O)NCCO3)C1)Nc1cccc(F)c1. The Bertz CT molecular complexity index is 1030. The fourth-order valence-electron chi connectivity index (χ4n) is 3.96. The number of rotatable bonds is 4. The van der Waals surface area contributed by atoms with Crippen molar-refractivity contribution < 1.29 is 23.5 Å². The monoisotopic (exact) mass is 440 g/mol. The number of likely N-dealkylation sites (tertiary alicyclic amines) is 1. The molecule has 4 rings (SSSR count). The summed E-state index contributed by atoms with van der Waals surface area (Å²) in [5.74, 6) is -0.262. The highest BCUT2D eigenvalue weighted by Gasteiger charge is 2.26. The molecule has 0 radical (unpaired) electrons. The molecular formula is C23H25FN4O4. The summed E-state index contributed by atoms with van der Waals surface area (Å²) in [4.78, 5) is 39.1. The molecule has 4 amide bonds. The lowest BCUT2D eigenvalue weighted by Gasteiger charge is -2.33. The first kappa shape index (κ1) is 21.6. The second-order valence-corrected chi connectivity index (χ2v) is 7.92. The van der Waals surface area contributed by atoms with Crippen molar-refractivity contribution in [3.05, 3.63) is 59.4 Å². The van der Waals surface area contributed by atoms with Gasteiger partial charge in [0.05, 0.1) is 12.1 Å². The number of benzene rings is 2. The Balaban J connectivity index is 1.34. The van der Waals surface area contributed by atoms with Crippen molar-refractivity contribution in [2.75, 3.05) is 38.1 Å². The van der Waals surface area contributed by atoms with Gasteiger partial charge in [-0.2, -0.15) is 0 Å². The van der Waals surface area contributed by atoms with Gasteiger partial charge in [0.1, 0.15) is 18.2 Å². The summed E-state index contributed by atoms with van der Waals surface area (Å²) in [5, 5.41) is 8.14. The molecule has 0 saturated carbocycles. The van der Waals surface area contributed by atoms with E-state index in [1.807, 2.05) is 0 Å². The van der Waals surface area contributed by atoms with Crippen LogP contribution in [-0.4, -0.2) is 55.5 Å². The minimum atomic E-state index is -0.425. The Morgan fingerprint density at radius 1 is 1.22 bits per heavy atom. The molecule has 0 bridgehead atoms. The number of carbonyl (C=O) groups excluding carboxylic acids is 3. The Labute approximate surface area is 185 Å². The van der Waals surface area contributed by atoms with Crippen LogP contribution in [0.4, 0.5) is 14.9 Å². The van der Waals surface area contributed by atoms with E-state index < -0.39 is 11.8 Å². The van der Waals surface area contributed by atoms with Crippen LogP contribution < -0.4 is 20.7 Å². The van der Waals surface area contributed by atoms with Crippen LogP contribution in [0.3, 0.4) is 0 Å². The average Bonchev–Trinajstić information content (AvgIpc) is 2.98. The number of fused-ring (bicyclic) bond motifs is 1. The van der Waals surface area contributed by atoms with Crippen molar-refractivity contribution in [1.82, 2.24) is 15.5 Å². The smallest absolute Gasteiger partial charge is 0.319 e. The van der Waals surface area contributed by atoms with E-state index in [1.165, 1.54) is 18.2 Å². The van der Waals surface area contributed by atoms with Crippen molar-refractivity contribution in [2.24, 2.45) is 5.92 Å². The van der Waals surface area contributed by atoms with E-state index in [4.69, 9.17) is 4.74 Å². The maximum absolute atomic E-state index is 13.2. The van der Waals surface area contributed by atoms with Gasteiger partial charge in [-0.3, -0.25) is 9.59 Å². The van der Waals surface area contributed by atoms with Crippen molar-refractivity contribution >= 4 is 23.5 Å². The highest BCUT2D eigenvalue weighted by molar-refractivity contribution is 6.01. The first-order valence-electron chi connectivity index (χ1n) is 10.6. The second kappa shape index (κ2) is 9.67. The minimum absolute atomic E-state index is 0.0958. The standard InChI is InChI=1S/C23H25FN4O4/c24-17-4-1-5-18(12-17)27-23(31)26-13-15-3-2-9-28(14-15)22(30)16-6-7-20-19(11-16)21(29)25-8-10-32-20/h1,4-7,11-12,15H,2-3,8-10,13-14H2,(H,25,29)(H2,26,27,31). The third kappa shape index (κ3) is 5.16. The number of nitrogens with one attached hydrogen (secondary N) is 3. The Kier molecular flexibility index (Phi) is 6.53. The number of hydrogen-bond acceptors (Lipinski definition) is 4. The minimum Gasteiger partial charge on any atom is -0.491 e. The van der Waals surface area contributed by atoms with Crippen LogP contribution in [0, 0.1) is 11.7 Å². The molecule has 168 valence electrons. The number of halogens is 1. The molecule has 1 fully saturated rings. The number of amides is 4. The van der Waals surface area contributed by atoms with Crippen LogP contribution in [0.1, 0.15) is 33.6 Å². The zero-order valence-electron chi connectivity index (χ0n) is 17.5. The van der Waals surface area contributed by atoms with Gasteiger partial charge in [-0.15, -0.1) is 0 Å². The molecule has 1 atom stereocenters. The van der Waals surface area contributed by atoms with E-state index in [-0.39, 0.29) is 17.7 Å². The molecule has 2 aliphatic rings. The van der Waals surface area contributed by atoms with Crippen molar-refractivity contribution in [3.8, 4) is 5.75 Å². The summed E-state index contributed by atoms with van der Waals surface area (Å²) in [7, 11) is 0. The highest BCUT2D eigenvalue weighted by atomic mass is 19.1. The van der Waals surface area contributed by atoms with Crippen LogP contribution in [0.5, 0.6) is 5.75 Å². The van der Waals surface area contributed by atoms with E-state index in [9.17, 15) is 18.8 Å². The molecule has 32 heavy (non-hydrogen) atoms. The summed E-state index contributed by atoms with van der Waals surface area (Å²) in [6, 6.07) is 10.2. The van der Waals surface area contributed by atoms with Crippen LogP contribution >= 0.6 is 0 Å². The summed E-state index contributed by atoms with van der Waals surface area (Å²) in [6.07, 6.45) is 1.70. The number of piperidine rings is 1. The summed E-state index contributed by atoms with van der Waals surface area (Å²) in [6.45, 7) is 2.32. The van der Waals surface area contributed by atoms with Gasteiger partial charge in [0.2, 0.25) is 0 Å². The number of nitrogens with zero attached hydrogens (tertiary/aromatic N) is 1. The van der Waals surface area contributed by atoms with Crippen LogP contribution in [0.25, 0.3) is 0 Å². The number of hydrogen-bond donors (Lipinski definition) is 3. The Morgan fingerprint density at radius 2 is 2.09 bits per heavy atom. The lowest BCUT2D eigenvalue weighted by atomic mass is 9.97. The molecule has 3 N–H and O–H groups in total. The lowest BCUT2D eigenvalue weighted by molar-refractivity contribution is 0.0675. The fourth-order valence-corrected chi connectivity index (χ4v) is 3.96. The first-order valence-corrected chi connectivity index (χ1v) is 10.6. The van der Waals surface area contributed by atoms with Gasteiger partial charge in [-0.05, 0) is 55.2 Å². The van der Waals surface area contributed by atoms with E-state index in [0.717, 1.165) is 12.8 Å². The topological polar surface area (TPSA) is 99.8 Å². The van der Waals surface area contributed by atoms with E-state index in [2.05, 4.69) is 16.0 Å². The van der Waals surface area contributed by atoms with Crippen molar-refractivity contribution in [2.45, 2.75) is 12.8 Å². The molecule has 2 aromatic carbocycles. The largest absolute Gasteiger partial charge is 0.491 e. The number of ether oxygens (including phenoxy) is 1. The maximum atomic E-state index is 13.2. The predicted molar refractivity (Wildman–Crippen MR) is 116 cm³/mol. The quantitative estimate of drug-likeness (QED) is 0.681. The Hall–Kier alpha value is -3.62. The molecule has 1 saturated heterocycles. The van der Waals surface area contributed by atoms with Gasteiger partial charge in [-0.25, -0.2) is 9.18 Å². The van der Waals surface area contributed by atoms with E-state index in [1.54, 1.807) is 29.2 Å². The Morgan fingerprint density at radius 3 is 2.94 bits per heavy atom. The summed E-state index contributed by atoms with van der Waals surface area (Å²) in [5.41, 5.74) is 1.17. The molecule has 9 heteroatoms. The molecular weight excluding hydrogens is 415 g/mol. The van der Waals surface area contributed by atoms with E-state index in [0.29, 0.717) is 55.3 Å². The highest BCUT2D eigenvalue weighted by Crippen LogP contribution is 2.24. The normalized spacial score (nSPS) is 18.0. The zero-order chi connectivity index (χ0) is 22.5. The molecule has 0 spiro atoms. The van der Waals surface area contributed by atoms with Gasteiger partial charge in [-0.1, -0.05) is 6.07 Å². The predicted octanol–water partition coefficient (Wildman–Crippen LogP) is 2.62. The summed E-state index contributed by atoms with van der Waals surface area (Å²) < 4.78 is 18.8. The first-order chi connectivity index (χ1) is 15.5. The van der Waals surface area contributed by atoms with Gasteiger partial charge < -0.3 is 25.6 Å². The number of anilines is 1. The van der Waals surface area contributed by atoms with Gasteiger partial charge >= 0.3 is 6.03 Å². The number of carbonyl (C=O) groups is 3. The third-order valence-electron chi connectivity index (χ3n) is 5.56. The molecule has 1 unspecified atom stereocenters. The fraction of sp³-hybridized carbons (Fsp3) is 0.348. The van der Waals surface area contributed by atoms with Gasteiger partial charge in [0, 0.05) is 30.9 Å². The molecule has 8 nitrogen and oxygen atoms in total. The number of urea groups is 1. The molecule has 2 aromatic rings. The summed E-state index contributed by atoms with van der Waals surface area (Å²) >= 11 is 0. The van der Waals surface area contributed by atoms with Crippen molar-refractivity contribution in [3.63, 3.8) is 0 Å². The maximum Gasteiger partial charge on any atom is 0.319 e. The van der Waals surface area contributed by atoms with Crippen LogP contribution in [0.2, 0.25) is 0 Å². The van der Waals surface area contributed by atoms with Crippen LogP contribution in [0.15, 0.2) is 42.5 Å². The molecule has 0 aromatic heterocycles. The van der Waals surface area contributed by atoms with Gasteiger partial charge in [0.15, 0.2) is 0 Å². The third-order valence-corrected chi connectivity index (χ3v) is 5.56.